The molecule has 2 heterocycles. The molecule has 1 aromatic heterocycles. The van der Waals surface area contributed by atoms with Crippen LogP contribution < -0.4 is 10.2 Å². The lowest BCUT2D eigenvalue weighted by Crippen LogP contribution is -2.52. The zero-order valence-electron chi connectivity index (χ0n) is 14.1. The topological polar surface area (TPSA) is 48.7 Å². The highest BCUT2D eigenvalue weighted by atomic mass is 35.5. The van der Waals surface area contributed by atoms with Gasteiger partial charge >= 0.3 is 0 Å². The fourth-order valence-electron chi connectivity index (χ4n) is 2.93. The number of nitrogens with zero attached hydrogens (tertiary/aromatic N) is 5. The van der Waals surface area contributed by atoms with Crippen molar-refractivity contribution in [3.63, 3.8) is 0 Å². The van der Waals surface area contributed by atoms with Crippen LogP contribution in [0.1, 0.15) is 5.69 Å². The van der Waals surface area contributed by atoms with Crippen molar-refractivity contribution in [1.29, 1.82) is 0 Å². The molecule has 0 radical (unpaired) electrons. The van der Waals surface area contributed by atoms with Gasteiger partial charge in [-0.15, -0.1) is 0 Å². The van der Waals surface area contributed by atoms with E-state index in [0.29, 0.717) is 0 Å². The van der Waals surface area contributed by atoms with Gasteiger partial charge in [0.2, 0.25) is 0 Å². The molecule has 2 aromatic rings. The number of guanidine groups is 1. The molecule has 0 spiro atoms. The van der Waals surface area contributed by atoms with Crippen molar-refractivity contribution in [1.82, 2.24) is 20.0 Å². The lowest BCUT2D eigenvalue weighted by atomic mass is 10.2. The smallest absolute Gasteiger partial charge is 0.194 e. The summed E-state index contributed by atoms with van der Waals surface area (Å²) in [6.45, 7) is 4.48. The van der Waals surface area contributed by atoms with E-state index < -0.39 is 0 Å². The van der Waals surface area contributed by atoms with E-state index in [4.69, 9.17) is 11.6 Å². The second-order valence-electron chi connectivity index (χ2n) is 5.80. The molecule has 1 aromatic carbocycles. The molecule has 1 aliphatic rings. The molecule has 7 heteroatoms. The summed E-state index contributed by atoms with van der Waals surface area (Å²) in [5.41, 5.74) is 2.31. The van der Waals surface area contributed by atoms with Crippen LogP contribution in [0.3, 0.4) is 0 Å². The van der Waals surface area contributed by atoms with Gasteiger partial charge in [0, 0.05) is 57.2 Å². The Morgan fingerprint density at radius 2 is 2.04 bits per heavy atom. The lowest BCUT2D eigenvalue weighted by Gasteiger charge is -2.37. The minimum Gasteiger partial charge on any atom is -0.368 e. The fraction of sp³-hybridized carbons (Fsp3) is 0.412. The van der Waals surface area contributed by atoms with E-state index in [9.17, 15) is 0 Å². The zero-order valence-corrected chi connectivity index (χ0v) is 14.9. The Bertz CT molecular complexity index is 703. The van der Waals surface area contributed by atoms with Crippen molar-refractivity contribution >= 4 is 23.2 Å². The van der Waals surface area contributed by atoms with Gasteiger partial charge in [0.1, 0.15) is 0 Å². The Balaban J connectivity index is 1.55. The largest absolute Gasteiger partial charge is 0.368 e. The Morgan fingerprint density at radius 3 is 2.67 bits per heavy atom. The van der Waals surface area contributed by atoms with Gasteiger partial charge in [-0.3, -0.25) is 9.67 Å². The van der Waals surface area contributed by atoms with E-state index in [2.05, 4.69) is 31.3 Å². The first-order valence-electron chi connectivity index (χ1n) is 8.10. The number of nitrogens with one attached hydrogen (secondary N) is 1. The van der Waals surface area contributed by atoms with Gasteiger partial charge in [0.05, 0.1) is 12.2 Å². The number of halogens is 1. The summed E-state index contributed by atoms with van der Waals surface area (Å²) in [6.07, 6.45) is 1.81. The Kier molecular flexibility index (Phi) is 5.25. The molecule has 0 aliphatic carbocycles. The standard InChI is InChI=1S/C17H23ClN6/c1-19-17(20-13-16-6-7-21-22(16)2)24-10-8-23(9-11-24)15-5-3-4-14(18)12-15/h3-7,12H,8-11,13H2,1-2H3,(H,19,20). The first-order chi connectivity index (χ1) is 11.7. The maximum Gasteiger partial charge on any atom is 0.194 e. The molecule has 0 saturated carbocycles. The number of hydrogen-bond donors (Lipinski definition) is 1. The number of benzene rings is 1. The molecular weight excluding hydrogens is 324 g/mol. The maximum atomic E-state index is 6.10. The van der Waals surface area contributed by atoms with Crippen LogP contribution in [0.5, 0.6) is 0 Å². The molecule has 1 N–H and O–H groups in total. The summed E-state index contributed by atoms with van der Waals surface area (Å²) < 4.78 is 1.87. The van der Waals surface area contributed by atoms with Crippen LogP contribution in [0.4, 0.5) is 5.69 Å². The van der Waals surface area contributed by atoms with Crippen LogP contribution in [0.25, 0.3) is 0 Å². The number of aryl methyl sites for hydroxylation is 1. The Labute approximate surface area is 147 Å². The first kappa shape index (κ1) is 16.6. The number of aliphatic imine (C=N–C) groups is 1. The Morgan fingerprint density at radius 1 is 1.25 bits per heavy atom. The highest BCUT2D eigenvalue weighted by Gasteiger charge is 2.20. The highest BCUT2D eigenvalue weighted by Crippen LogP contribution is 2.20. The van der Waals surface area contributed by atoms with Crippen LogP contribution in [0.15, 0.2) is 41.5 Å². The minimum atomic E-state index is 0.720. The molecule has 1 aliphatic heterocycles. The van der Waals surface area contributed by atoms with Gasteiger partial charge in [0.15, 0.2) is 5.96 Å². The molecule has 6 nitrogen and oxygen atoms in total. The van der Waals surface area contributed by atoms with E-state index in [1.54, 1.807) is 0 Å². The van der Waals surface area contributed by atoms with Gasteiger partial charge in [-0.1, -0.05) is 17.7 Å². The van der Waals surface area contributed by atoms with Crippen molar-refractivity contribution in [2.24, 2.45) is 12.0 Å². The van der Waals surface area contributed by atoms with Crippen molar-refractivity contribution < 1.29 is 0 Å². The molecule has 1 fully saturated rings. The molecule has 0 unspecified atom stereocenters. The number of anilines is 1. The Hall–Kier alpha value is -2.21. The quantitative estimate of drug-likeness (QED) is 0.682. The van der Waals surface area contributed by atoms with E-state index >= 15 is 0 Å². The van der Waals surface area contributed by atoms with Crippen LogP contribution in [0, 0.1) is 0 Å². The minimum absolute atomic E-state index is 0.720. The van der Waals surface area contributed by atoms with E-state index in [-0.39, 0.29) is 0 Å². The normalized spacial score (nSPS) is 15.7. The maximum absolute atomic E-state index is 6.10. The number of rotatable bonds is 3. The number of hydrogen-bond acceptors (Lipinski definition) is 3. The molecule has 1 saturated heterocycles. The van der Waals surface area contributed by atoms with Crippen molar-refractivity contribution in [2.45, 2.75) is 6.54 Å². The van der Waals surface area contributed by atoms with E-state index in [1.165, 1.54) is 5.69 Å². The molecule has 24 heavy (non-hydrogen) atoms. The van der Waals surface area contributed by atoms with Crippen LogP contribution in [-0.2, 0) is 13.6 Å². The lowest BCUT2D eigenvalue weighted by molar-refractivity contribution is 0.372. The third kappa shape index (κ3) is 3.82. The second-order valence-corrected chi connectivity index (χ2v) is 6.24. The zero-order chi connectivity index (χ0) is 16.9. The summed E-state index contributed by atoms with van der Waals surface area (Å²) in [5, 5.41) is 8.39. The predicted octanol–water partition coefficient (Wildman–Crippen LogP) is 1.97. The van der Waals surface area contributed by atoms with E-state index in [0.717, 1.165) is 49.4 Å². The fourth-order valence-corrected chi connectivity index (χ4v) is 3.11. The van der Waals surface area contributed by atoms with Crippen LogP contribution in [-0.4, -0.2) is 53.9 Å². The molecule has 0 atom stereocenters. The molecule has 128 valence electrons. The average Bonchev–Trinajstić information content (AvgIpc) is 3.01. The van der Waals surface area contributed by atoms with E-state index in [1.807, 2.05) is 49.2 Å². The summed E-state index contributed by atoms with van der Waals surface area (Å²) >= 11 is 6.10. The van der Waals surface area contributed by atoms with Crippen molar-refractivity contribution in [2.75, 3.05) is 38.1 Å². The van der Waals surface area contributed by atoms with Gasteiger partial charge in [0.25, 0.3) is 0 Å². The first-order valence-corrected chi connectivity index (χ1v) is 8.48. The summed E-state index contributed by atoms with van der Waals surface area (Å²) in [5.74, 6) is 0.932. The monoisotopic (exact) mass is 346 g/mol. The number of piperazine rings is 1. The van der Waals surface area contributed by atoms with Gasteiger partial charge < -0.3 is 15.1 Å². The molecule has 0 bridgehead atoms. The summed E-state index contributed by atoms with van der Waals surface area (Å²) in [4.78, 5) is 9.06. The van der Waals surface area contributed by atoms with Crippen molar-refractivity contribution in [3.05, 3.63) is 47.2 Å². The van der Waals surface area contributed by atoms with Gasteiger partial charge in [-0.2, -0.15) is 5.10 Å². The third-order valence-electron chi connectivity index (χ3n) is 4.31. The van der Waals surface area contributed by atoms with Crippen molar-refractivity contribution in [3.8, 4) is 0 Å². The second kappa shape index (κ2) is 7.57. The summed E-state index contributed by atoms with van der Waals surface area (Å²) in [7, 11) is 3.78. The third-order valence-corrected chi connectivity index (χ3v) is 4.55. The molecule has 3 rings (SSSR count). The number of aromatic nitrogens is 2. The molecule has 0 amide bonds. The predicted molar refractivity (Wildman–Crippen MR) is 98.6 cm³/mol. The summed E-state index contributed by atoms with van der Waals surface area (Å²) in [6, 6.07) is 10.0. The highest BCUT2D eigenvalue weighted by molar-refractivity contribution is 6.30. The SMILES string of the molecule is CN=C(NCc1ccnn1C)N1CCN(c2cccc(Cl)c2)CC1. The van der Waals surface area contributed by atoms with Gasteiger partial charge in [-0.25, -0.2) is 0 Å². The molecular formula is C17H23ClN6. The van der Waals surface area contributed by atoms with Gasteiger partial charge in [-0.05, 0) is 24.3 Å². The van der Waals surface area contributed by atoms with Crippen LogP contribution in [0.2, 0.25) is 5.02 Å². The average molecular weight is 347 g/mol. The van der Waals surface area contributed by atoms with Crippen LogP contribution >= 0.6 is 11.6 Å².